The minimum atomic E-state index is -0.149. The van der Waals surface area contributed by atoms with Crippen molar-refractivity contribution >= 4 is 23.1 Å². The number of hydrogen-bond donors (Lipinski definition) is 1. The fourth-order valence-electron chi connectivity index (χ4n) is 2.59. The Morgan fingerprint density at radius 3 is 2.58 bits per heavy atom. The minimum Gasteiger partial charge on any atom is -0.412 e. The molecule has 0 fully saturated rings. The zero-order chi connectivity index (χ0) is 16.5. The largest absolute Gasteiger partial charge is 0.412 e. The maximum Gasteiger partial charge on any atom is 0.284 e. The Morgan fingerprint density at radius 1 is 1.08 bits per heavy atom. The maximum atomic E-state index is 13.0. The molecule has 24 heavy (non-hydrogen) atoms. The molecule has 0 saturated carbocycles. The van der Waals surface area contributed by atoms with Crippen molar-refractivity contribution in [3.8, 4) is 11.4 Å². The lowest BCUT2D eigenvalue weighted by atomic mass is 10.2. The lowest BCUT2D eigenvalue weighted by Gasteiger charge is -2.12. The van der Waals surface area contributed by atoms with Gasteiger partial charge in [-0.05, 0) is 24.4 Å². The molecule has 0 saturated heterocycles. The molecule has 0 atom stereocenters. The van der Waals surface area contributed by atoms with Crippen LogP contribution < -0.4 is 5.56 Å². The second-order valence-electron chi connectivity index (χ2n) is 5.22. The molecule has 2 heterocycles. The van der Waals surface area contributed by atoms with Gasteiger partial charge in [-0.15, -0.1) is 5.10 Å². The third-order valence-corrected chi connectivity index (χ3v) is 3.84. The number of aromatic amines is 1. The van der Waals surface area contributed by atoms with Crippen molar-refractivity contribution in [2.75, 3.05) is 0 Å². The number of nitrogens with one attached hydrogen (secondary N) is 1. The summed E-state index contributed by atoms with van der Waals surface area (Å²) >= 11 is 4.90. The number of para-hydroxylation sites is 1. The fourth-order valence-corrected chi connectivity index (χ4v) is 2.73. The molecule has 0 bridgehead atoms. The van der Waals surface area contributed by atoms with Crippen LogP contribution in [0.25, 0.3) is 22.3 Å². The second-order valence-corrected chi connectivity index (χ2v) is 5.59. The van der Waals surface area contributed by atoms with Crippen LogP contribution in [0.2, 0.25) is 0 Å². The Labute approximate surface area is 141 Å². The van der Waals surface area contributed by atoms with Crippen LogP contribution in [-0.2, 0) is 6.54 Å². The molecule has 1 N–H and O–H groups in total. The van der Waals surface area contributed by atoms with Gasteiger partial charge in [-0.3, -0.25) is 9.36 Å². The highest BCUT2D eigenvalue weighted by Crippen LogP contribution is 2.19. The highest BCUT2D eigenvalue weighted by atomic mass is 32.1. The first-order valence-corrected chi connectivity index (χ1v) is 7.72. The van der Waals surface area contributed by atoms with Crippen LogP contribution in [0.4, 0.5) is 0 Å². The summed E-state index contributed by atoms with van der Waals surface area (Å²) in [6.07, 6.45) is 0. The van der Waals surface area contributed by atoms with Gasteiger partial charge in [-0.1, -0.05) is 42.5 Å². The van der Waals surface area contributed by atoms with Crippen molar-refractivity contribution < 1.29 is 4.42 Å². The van der Waals surface area contributed by atoms with E-state index >= 15 is 0 Å². The molecular weight excluding hydrogens is 324 g/mol. The summed E-state index contributed by atoms with van der Waals surface area (Å²) in [7, 11) is 0. The predicted octanol–water partition coefficient (Wildman–Crippen LogP) is 3.16. The molecule has 0 amide bonds. The van der Waals surface area contributed by atoms with Crippen molar-refractivity contribution in [2.45, 2.75) is 6.54 Å². The van der Waals surface area contributed by atoms with Crippen molar-refractivity contribution in [1.29, 1.82) is 0 Å². The topological polar surface area (TPSA) is 76.7 Å². The first kappa shape index (κ1) is 14.5. The molecule has 118 valence electrons. The van der Waals surface area contributed by atoms with Gasteiger partial charge in [-0.25, -0.2) is 10.1 Å². The summed E-state index contributed by atoms with van der Waals surface area (Å²) < 4.78 is 6.85. The molecule has 0 radical (unpaired) electrons. The summed E-state index contributed by atoms with van der Waals surface area (Å²) in [4.78, 5) is 17.8. The zero-order valence-corrected chi connectivity index (χ0v) is 13.3. The van der Waals surface area contributed by atoms with Gasteiger partial charge in [-0.2, -0.15) is 0 Å². The van der Waals surface area contributed by atoms with Crippen LogP contribution >= 0.6 is 12.2 Å². The Morgan fingerprint density at radius 2 is 1.83 bits per heavy atom. The van der Waals surface area contributed by atoms with Gasteiger partial charge in [0.1, 0.15) is 12.4 Å². The van der Waals surface area contributed by atoms with Crippen LogP contribution in [0.3, 0.4) is 0 Å². The standard InChI is InChI=1S/C17H12N4O2S/c22-16-12-8-4-5-9-13(12)18-15(11-6-2-1-3-7-11)21(16)10-14-19-20-17(24)23-14/h1-9H,10H2,(H,20,24). The van der Waals surface area contributed by atoms with E-state index < -0.39 is 0 Å². The van der Waals surface area contributed by atoms with E-state index in [1.165, 1.54) is 0 Å². The third kappa shape index (κ3) is 2.55. The number of benzene rings is 2. The molecule has 0 aliphatic carbocycles. The van der Waals surface area contributed by atoms with Crippen LogP contribution in [-0.4, -0.2) is 19.7 Å². The van der Waals surface area contributed by atoms with Crippen molar-refractivity contribution in [2.24, 2.45) is 0 Å². The third-order valence-electron chi connectivity index (χ3n) is 3.67. The van der Waals surface area contributed by atoms with Gasteiger partial charge in [0.2, 0.25) is 5.89 Å². The van der Waals surface area contributed by atoms with Crippen molar-refractivity contribution in [3.63, 3.8) is 0 Å². The number of hydrogen-bond acceptors (Lipinski definition) is 5. The number of H-pyrrole nitrogens is 1. The van der Waals surface area contributed by atoms with Gasteiger partial charge in [0.25, 0.3) is 10.4 Å². The summed E-state index contributed by atoms with van der Waals surface area (Å²) in [5.41, 5.74) is 1.35. The molecule has 0 spiro atoms. The van der Waals surface area contributed by atoms with Gasteiger partial charge in [0.05, 0.1) is 10.9 Å². The number of aromatic nitrogens is 4. The van der Waals surface area contributed by atoms with Gasteiger partial charge < -0.3 is 4.42 Å². The van der Waals surface area contributed by atoms with Crippen LogP contribution in [0.1, 0.15) is 5.89 Å². The number of fused-ring (bicyclic) bond motifs is 1. The molecule has 0 unspecified atom stereocenters. The smallest absolute Gasteiger partial charge is 0.284 e. The maximum absolute atomic E-state index is 13.0. The molecule has 2 aromatic carbocycles. The van der Waals surface area contributed by atoms with Gasteiger partial charge >= 0.3 is 0 Å². The van der Waals surface area contributed by atoms with Crippen LogP contribution in [0, 0.1) is 4.84 Å². The van der Waals surface area contributed by atoms with E-state index in [9.17, 15) is 4.79 Å². The Bertz CT molecular complexity index is 1130. The highest BCUT2D eigenvalue weighted by Gasteiger charge is 2.14. The first-order valence-electron chi connectivity index (χ1n) is 7.32. The van der Waals surface area contributed by atoms with Gasteiger partial charge in [0.15, 0.2) is 0 Å². The molecule has 0 aliphatic rings. The zero-order valence-electron chi connectivity index (χ0n) is 12.5. The number of nitrogens with zero attached hydrogens (tertiary/aromatic N) is 3. The normalized spacial score (nSPS) is 11.0. The molecule has 0 aliphatic heterocycles. The van der Waals surface area contributed by atoms with E-state index in [0.717, 1.165) is 5.56 Å². The summed E-state index contributed by atoms with van der Waals surface area (Å²) in [6, 6.07) is 16.8. The Balaban J connectivity index is 1.99. The monoisotopic (exact) mass is 336 g/mol. The molecule has 4 aromatic rings. The predicted molar refractivity (Wildman–Crippen MR) is 92.2 cm³/mol. The SMILES string of the molecule is O=c1c2ccccc2nc(-c2ccccc2)n1Cc1n[nH]c(=S)o1. The van der Waals surface area contributed by atoms with E-state index in [1.54, 1.807) is 10.6 Å². The van der Waals surface area contributed by atoms with E-state index in [4.69, 9.17) is 16.6 Å². The lowest BCUT2D eigenvalue weighted by Crippen LogP contribution is -2.24. The minimum absolute atomic E-state index is 0.147. The molecular formula is C17H12N4O2S. The first-order chi connectivity index (χ1) is 11.7. The number of rotatable bonds is 3. The van der Waals surface area contributed by atoms with Crippen molar-refractivity contribution in [1.82, 2.24) is 19.7 Å². The van der Waals surface area contributed by atoms with E-state index in [2.05, 4.69) is 15.2 Å². The summed E-state index contributed by atoms with van der Waals surface area (Å²) in [5, 5.41) is 7.10. The quantitative estimate of drug-likeness (QED) is 0.582. The summed E-state index contributed by atoms with van der Waals surface area (Å²) in [5.74, 6) is 0.889. The average molecular weight is 336 g/mol. The fraction of sp³-hybridized carbons (Fsp3) is 0.0588. The van der Waals surface area contributed by atoms with Gasteiger partial charge in [0, 0.05) is 5.56 Å². The average Bonchev–Trinajstić information content (AvgIpc) is 3.03. The van der Waals surface area contributed by atoms with E-state index in [-0.39, 0.29) is 16.9 Å². The van der Waals surface area contributed by atoms with E-state index in [0.29, 0.717) is 22.6 Å². The van der Waals surface area contributed by atoms with Crippen LogP contribution in [0.15, 0.2) is 63.8 Å². The Kier molecular flexibility index (Phi) is 3.55. The second kappa shape index (κ2) is 5.86. The molecule has 4 rings (SSSR count). The molecule has 7 heteroatoms. The van der Waals surface area contributed by atoms with Crippen molar-refractivity contribution in [3.05, 3.63) is 75.7 Å². The highest BCUT2D eigenvalue weighted by molar-refractivity contribution is 7.71. The summed E-state index contributed by atoms with van der Waals surface area (Å²) in [6.45, 7) is 0.147. The lowest BCUT2D eigenvalue weighted by molar-refractivity contribution is 0.463. The Hall–Kier alpha value is -3.06. The molecule has 2 aromatic heterocycles. The van der Waals surface area contributed by atoms with Crippen LogP contribution in [0.5, 0.6) is 0 Å². The van der Waals surface area contributed by atoms with E-state index in [1.807, 2.05) is 48.5 Å². The molecule has 6 nitrogen and oxygen atoms in total.